The smallest absolute Gasteiger partial charge is 0.00112 e. The number of aryl methyl sites for hydroxylation is 7. The lowest BCUT2D eigenvalue weighted by atomic mass is 9.82. The van der Waals surface area contributed by atoms with Gasteiger partial charge < -0.3 is 0 Å². The highest BCUT2D eigenvalue weighted by Gasteiger charge is 2.23. The van der Waals surface area contributed by atoms with Gasteiger partial charge in [-0.1, -0.05) is 454 Å². The maximum Gasteiger partial charge on any atom is -0.00112 e. The molecule has 0 radical (unpaired) electrons. The van der Waals surface area contributed by atoms with E-state index in [-0.39, 0.29) is 0 Å². The quantitative estimate of drug-likeness (QED) is 0.105. The molecule has 0 unspecified atom stereocenters. The molecule has 0 aliphatic heterocycles. The summed E-state index contributed by atoms with van der Waals surface area (Å²) in [6, 6.07) is 166. The molecule has 0 N–H and O–H groups in total. The number of fused-ring (bicyclic) bond motifs is 23. The number of rotatable bonds is 0. The van der Waals surface area contributed by atoms with E-state index >= 15 is 0 Å². The molecule has 0 aliphatic rings. The fraction of sp³-hybridized carbons (Fsp3) is 0.0504. The van der Waals surface area contributed by atoms with Crippen LogP contribution in [0.25, 0.3) is 269 Å². The van der Waals surface area contributed by atoms with Crippen molar-refractivity contribution in [2.24, 2.45) is 0 Å². The van der Waals surface area contributed by atoms with Crippen molar-refractivity contribution < 1.29 is 0 Å². The predicted octanol–water partition coefficient (Wildman–Crippen LogP) is 40.0. The monoisotopic (exact) mass is 1760 g/mol. The van der Waals surface area contributed by atoms with E-state index in [1.165, 1.54) is 308 Å². The largest absolute Gasteiger partial charge is 0.0616 e. The first-order chi connectivity index (χ1) is 68.4. The molecule has 0 nitrogen and oxygen atoms in total. The first-order valence-electron chi connectivity index (χ1n) is 48.8. The van der Waals surface area contributed by atoms with E-state index in [1.54, 1.807) is 0 Å². The number of benzene rings is 32. The Bertz CT molecular complexity index is 10300. The van der Waals surface area contributed by atoms with Gasteiger partial charge in [-0.2, -0.15) is 0 Å². The molecule has 0 aromatic heterocycles. The maximum atomic E-state index is 2.36. The Labute approximate surface area is 805 Å². The minimum Gasteiger partial charge on any atom is -0.0616 e. The Kier molecular flexibility index (Phi) is 19.7. The molecule has 652 valence electrons. The third-order valence-electron chi connectivity index (χ3n) is 30.5. The van der Waals surface area contributed by atoms with Crippen LogP contribution >= 0.6 is 0 Å². The summed E-state index contributed by atoms with van der Waals surface area (Å²) < 4.78 is 0. The molecule has 0 fully saturated rings. The summed E-state index contributed by atoms with van der Waals surface area (Å²) in [5.74, 6) is 0. The molecule has 0 atom stereocenters. The van der Waals surface area contributed by atoms with Crippen LogP contribution < -0.4 is 0 Å². The van der Waals surface area contributed by atoms with Crippen LogP contribution in [0.5, 0.6) is 0 Å². The summed E-state index contributed by atoms with van der Waals surface area (Å²) in [4.78, 5) is 0. The molecule has 32 aromatic rings. The fourth-order valence-electron chi connectivity index (χ4n) is 24.1. The van der Waals surface area contributed by atoms with Crippen molar-refractivity contribution in [1.29, 1.82) is 0 Å². The van der Waals surface area contributed by atoms with E-state index in [9.17, 15) is 0 Å². The highest BCUT2D eigenvalue weighted by molar-refractivity contribution is 6.45. The molecule has 0 saturated heterocycles. The van der Waals surface area contributed by atoms with Gasteiger partial charge in [-0.25, -0.2) is 0 Å². The van der Waals surface area contributed by atoms with Crippen LogP contribution in [0.1, 0.15) is 38.9 Å². The molecule has 0 aliphatic carbocycles. The van der Waals surface area contributed by atoms with E-state index in [1.807, 2.05) is 0 Å². The normalized spacial score (nSPS) is 11.8. The van der Waals surface area contributed by atoms with Gasteiger partial charge in [-0.05, 0) is 357 Å². The molecule has 139 heavy (non-hydrogen) atoms. The number of hydrogen-bond donors (Lipinski definition) is 0. The van der Waals surface area contributed by atoms with Gasteiger partial charge >= 0.3 is 0 Å². The van der Waals surface area contributed by atoms with Gasteiger partial charge in [-0.3, -0.25) is 0 Å². The molecule has 0 amide bonds. The summed E-state index contributed by atoms with van der Waals surface area (Å²) in [5, 5.41) is 68.3. The van der Waals surface area contributed by atoms with Crippen molar-refractivity contribution in [3.05, 3.63) is 494 Å². The van der Waals surface area contributed by atoms with E-state index in [4.69, 9.17) is 0 Å². The second-order valence-corrected chi connectivity index (χ2v) is 38.5. The lowest BCUT2D eigenvalue weighted by Gasteiger charge is -2.21. The number of hydrogen-bond acceptors (Lipinski definition) is 0. The van der Waals surface area contributed by atoms with Gasteiger partial charge in [0, 0.05) is 0 Å². The topological polar surface area (TPSA) is 0 Å². The van der Waals surface area contributed by atoms with E-state index < -0.39 is 0 Å². The minimum absolute atomic E-state index is 1.31. The van der Waals surface area contributed by atoms with Crippen LogP contribution in [0.4, 0.5) is 0 Å². The minimum atomic E-state index is 1.31. The Hall–Kier alpha value is -17.2. The Balaban J connectivity index is 0.0000000840. The van der Waals surface area contributed by atoms with Crippen LogP contribution in [0.2, 0.25) is 0 Å². The average Bonchev–Trinajstić information content (AvgIpc) is 0.683. The third kappa shape index (κ3) is 13.5. The SMILES string of the molecule is Cc1c2ccc3ccccc3c2cc2ccc3ccccc3c12.Cc1cc2c3ccccc3ccc2c2ccccc12.Cc1cc2ccc3ccc4ccc5ccc6ccc1c1c6c5c4c3c21.Cc1cc2cccc3ccc4cccc1c4c32.Cc1ccc2c3ccccc3c3ccccc3c2c1.Cc1ccc2ccc3cccc4ccc1c2c34.Cc1cccc2c3ccccc3c3ccccc3c12. The van der Waals surface area contributed by atoms with E-state index in [2.05, 4.69) is 503 Å². The first kappa shape index (κ1) is 82.5. The zero-order chi connectivity index (χ0) is 92.9. The highest BCUT2D eigenvalue weighted by Crippen LogP contribution is 2.51. The molecular formula is C139H96. The van der Waals surface area contributed by atoms with E-state index in [0.717, 1.165) is 0 Å². The molecule has 0 heterocycles. The van der Waals surface area contributed by atoms with Crippen molar-refractivity contribution in [3.8, 4) is 0 Å². The Morgan fingerprint density at radius 1 is 0.0935 bits per heavy atom. The highest BCUT2D eigenvalue weighted by atomic mass is 14.3. The van der Waals surface area contributed by atoms with Gasteiger partial charge in [0.2, 0.25) is 0 Å². The fourth-order valence-corrected chi connectivity index (χ4v) is 24.1. The lowest BCUT2D eigenvalue weighted by Crippen LogP contribution is -1.93. The zero-order valence-electron chi connectivity index (χ0n) is 78.8. The van der Waals surface area contributed by atoms with Crippen LogP contribution in [0.3, 0.4) is 0 Å². The molecule has 0 spiro atoms. The Morgan fingerprint density at radius 3 is 0.863 bits per heavy atom. The zero-order valence-corrected chi connectivity index (χ0v) is 78.8. The summed E-state index contributed by atoms with van der Waals surface area (Å²) in [7, 11) is 0. The molecule has 0 bridgehead atoms. The van der Waals surface area contributed by atoms with Crippen molar-refractivity contribution in [1.82, 2.24) is 0 Å². The van der Waals surface area contributed by atoms with Gasteiger partial charge in [0.15, 0.2) is 0 Å². The van der Waals surface area contributed by atoms with Crippen LogP contribution in [-0.2, 0) is 0 Å². The lowest BCUT2D eigenvalue weighted by molar-refractivity contribution is 1.51. The Morgan fingerprint density at radius 2 is 0.345 bits per heavy atom. The van der Waals surface area contributed by atoms with Gasteiger partial charge in [0.05, 0.1) is 0 Å². The molecule has 32 rings (SSSR count). The van der Waals surface area contributed by atoms with Gasteiger partial charge in [-0.15, -0.1) is 0 Å². The van der Waals surface area contributed by atoms with Gasteiger partial charge in [0.25, 0.3) is 0 Å². The van der Waals surface area contributed by atoms with Crippen molar-refractivity contribution in [2.75, 3.05) is 0 Å². The summed E-state index contributed by atoms with van der Waals surface area (Å²) in [6.07, 6.45) is 0. The molecule has 0 saturated carbocycles. The maximum absolute atomic E-state index is 2.36. The van der Waals surface area contributed by atoms with Crippen LogP contribution in [-0.4, -0.2) is 0 Å². The van der Waals surface area contributed by atoms with Crippen LogP contribution in [0.15, 0.2) is 455 Å². The molecule has 0 heteroatoms. The molecular weight excluding hydrogens is 1670 g/mol. The molecule has 32 aromatic carbocycles. The van der Waals surface area contributed by atoms with Gasteiger partial charge in [0.1, 0.15) is 0 Å². The van der Waals surface area contributed by atoms with Crippen LogP contribution in [0, 0.1) is 48.5 Å². The summed E-state index contributed by atoms with van der Waals surface area (Å²) in [6.45, 7) is 15.4. The second-order valence-electron chi connectivity index (χ2n) is 38.5. The average molecular weight is 1770 g/mol. The third-order valence-corrected chi connectivity index (χ3v) is 30.5. The first-order valence-corrected chi connectivity index (χ1v) is 48.8. The second kappa shape index (κ2) is 33.1. The summed E-state index contributed by atoms with van der Waals surface area (Å²) in [5.41, 5.74) is 9.47. The predicted molar refractivity (Wildman–Crippen MR) is 612 cm³/mol. The summed E-state index contributed by atoms with van der Waals surface area (Å²) >= 11 is 0. The van der Waals surface area contributed by atoms with Crippen molar-refractivity contribution in [2.45, 2.75) is 48.5 Å². The van der Waals surface area contributed by atoms with Crippen molar-refractivity contribution >= 4 is 269 Å². The van der Waals surface area contributed by atoms with Crippen molar-refractivity contribution in [3.63, 3.8) is 0 Å². The van der Waals surface area contributed by atoms with E-state index in [0.29, 0.717) is 0 Å². The standard InChI is InChI=1S/C25H14.C23H16.3C19H14.2C17H12/c1-13-12-18-9-8-16-5-3-14-2-4-15-6-7-17-10-11-19(13)25-23(17)21(15)20(14)22(16)24(18)25;1-15-19-13-12-16-6-2-4-8-20(16)22(19)14-18-11-10-17-7-3-5-9-21(17)23(15)18;1-13-7-6-12-18-16-9-3-2-8-14(16)15-10-4-5-11-17(15)19(13)18;1-13-12-19-16-8-3-2-6-14(16)10-11-18(19)17-9-5-4-7-15(13)17;1-13-10-11-18-16-8-3-2-6-14(16)15-7-4-5-9-17(15)19(18)12-13;1-11-10-14-6-2-4-12-8-9-13-5-3-7-15(11)17(13)16(12)14;1-11-5-6-14-8-7-12-3-2-4-13-9-10-15(11)17(14)16(12)13/h2-12H,1H3;2-14H,1H3;3*2-12H,1H3;2*2-10H,1H3.